The van der Waals surface area contributed by atoms with E-state index in [0.29, 0.717) is 0 Å². The molecule has 12 heavy (non-hydrogen) atoms. The third-order valence-electron chi connectivity index (χ3n) is 1.35. The van der Waals surface area contributed by atoms with Crippen LogP contribution in [0.15, 0.2) is 40.7 Å². The maximum Gasteiger partial charge on any atom is 0.227 e. The zero-order valence-corrected chi connectivity index (χ0v) is 6.68. The van der Waals surface area contributed by atoms with Crippen LogP contribution in [-0.2, 0) is 0 Å². The van der Waals surface area contributed by atoms with E-state index in [9.17, 15) is 0 Å². The standard InChI is InChI=1S/C8H8N4/c1-12(11-10-7-9)8-5-3-2-4-6-8/h2-6H,1H3. The minimum atomic E-state index is 0.900. The molecule has 0 radical (unpaired) electrons. The van der Waals surface area contributed by atoms with Crippen LogP contribution >= 0.6 is 0 Å². The van der Waals surface area contributed by atoms with E-state index in [2.05, 4.69) is 10.3 Å². The van der Waals surface area contributed by atoms with Crippen LogP contribution in [0.2, 0.25) is 0 Å². The van der Waals surface area contributed by atoms with E-state index >= 15 is 0 Å². The molecule has 1 aromatic carbocycles. The lowest BCUT2D eigenvalue weighted by molar-refractivity contribution is 0.925. The van der Waals surface area contributed by atoms with Gasteiger partial charge in [0.05, 0.1) is 5.69 Å². The first kappa shape index (κ1) is 8.21. The van der Waals surface area contributed by atoms with Crippen molar-refractivity contribution in [3.8, 4) is 6.19 Å². The van der Waals surface area contributed by atoms with Crippen LogP contribution in [0.4, 0.5) is 5.69 Å². The molecule has 0 spiro atoms. The van der Waals surface area contributed by atoms with Crippen molar-refractivity contribution in [3.63, 3.8) is 0 Å². The van der Waals surface area contributed by atoms with Crippen LogP contribution in [0.3, 0.4) is 0 Å². The molecule has 0 saturated carbocycles. The van der Waals surface area contributed by atoms with E-state index in [-0.39, 0.29) is 0 Å². The van der Waals surface area contributed by atoms with Crippen molar-refractivity contribution in [1.82, 2.24) is 0 Å². The molecule has 4 heteroatoms. The van der Waals surface area contributed by atoms with Gasteiger partial charge in [-0.15, -0.1) is 0 Å². The third kappa shape index (κ3) is 2.06. The first-order chi connectivity index (χ1) is 5.84. The van der Waals surface area contributed by atoms with Crippen molar-refractivity contribution < 1.29 is 0 Å². The van der Waals surface area contributed by atoms with E-state index in [0.717, 1.165) is 5.69 Å². The topological polar surface area (TPSA) is 51.8 Å². The fourth-order valence-corrected chi connectivity index (χ4v) is 0.782. The van der Waals surface area contributed by atoms with Gasteiger partial charge in [-0.05, 0) is 12.1 Å². The summed E-state index contributed by atoms with van der Waals surface area (Å²) in [5, 5.41) is 16.5. The second-order valence-electron chi connectivity index (χ2n) is 2.15. The van der Waals surface area contributed by atoms with Gasteiger partial charge in [0.1, 0.15) is 0 Å². The molecule has 0 heterocycles. The van der Waals surface area contributed by atoms with Gasteiger partial charge in [0, 0.05) is 7.05 Å². The Morgan fingerprint density at radius 3 is 2.58 bits per heavy atom. The van der Waals surface area contributed by atoms with E-state index in [1.54, 1.807) is 13.2 Å². The zero-order valence-electron chi connectivity index (χ0n) is 6.68. The molecule has 0 unspecified atom stereocenters. The summed E-state index contributed by atoms with van der Waals surface area (Å²) < 4.78 is 0. The predicted octanol–water partition coefficient (Wildman–Crippen LogP) is 1.97. The third-order valence-corrected chi connectivity index (χ3v) is 1.35. The molecular weight excluding hydrogens is 152 g/mol. The Morgan fingerprint density at radius 1 is 1.33 bits per heavy atom. The highest BCUT2D eigenvalue weighted by atomic mass is 15.5. The first-order valence-electron chi connectivity index (χ1n) is 3.43. The van der Waals surface area contributed by atoms with E-state index in [1.165, 1.54) is 5.01 Å². The number of nitriles is 1. The van der Waals surface area contributed by atoms with Gasteiger partial charge in [-0.25, -0.2) is 5.01 Å². The number of anilines is 1. The van der Waals surface area contributed by atoms with Crippen LogP contribution < -0.4 is 5.01 Å². The molecule has 1 aromatic rings. The summed E-state index contributed by atoms with van der Waals surface area (Å²) in [6.07, 6.45) is 1.59. The molecule has 0 N–H and O–H groups in total. The monoisotopic (exact) mass is 160 g/mol. The maximum atomic E-state index is 8.12. The molecule has 4 nitrogen and oxygen atoms in total. The number of para-hydroxylation sites is 1. The van der Waals surface area contributed by atoms with Gasteiger partial charge in [0.25, 0.3) is 0 Å². The Morgan fingerprint density at radius 2 is 2.00 bits per heavy atom. The largest absolute Gasteiger partial charge is 0.249 e. The lowest BCUT2D eigenvalue weighted by Crippen LogP contribution is -2.06. The van der Waals surface area contributed by atoms with Gasteiger partial charge >= 0.3 is 0 Å². The number of nitrogens with zero attached hydrogens (tertiary/aromatic N) is 4. The molecule has 0 aliphatic heterocycles. The Balaban J connectivity index is 2.73. The second-order valence-corrected chi connectivity index (χ2v) is 2.15. The van der Waals surface area contributed by atoms with Crippen LogP contribution in [0, 0.1) is 11.5 Å². The van der Waals surface area contributed by atoms with E-state index < -0.39 is 0 Å². The number of rotatable bonds is 2. The molecule has 0 amide bonds. The van der Waals surface area contributed by atoms with Crippen molar-refractivity contribution in [2.24, 2.45) is 10.3 Å². The average molecular weight is 160 g/mol. The molecule has 1 rings (SSSR count). The molecule has 0 aliphatic rings. The van der Waals surface area contributed by atoms with Gasteiger partial charge in [-0.2, -0.15) is 5.26 Å². The van der Waals surface area contributed by atoms with Gasteiger partial charge in [-0.1, -0.05) is 28.5 Å². The number of hydrogen-bond acceptors (Lipinski definition) is 3. The van der Waals surface area contributed by atoms with Crippen molar-refractivity contribution in [2.45, 2.75) is 0 Å². The van der Waals surface area contributed by atoms with Crippen molar-refractivity contribution in [1.29, 1.82) is 5.26 Å². The van der Waals surface area contributed by atoms with Crippen LogP contribution in [0.5, 0.6) is 0 Å². The summed E-state index contributed by atoms with van der Waals surface area (Å²) >= 11 is 0. The molecule has 0 saturated heterocycles. The van der Waals surface area contributed by atoms with E-state index in [4.69, 9.17) is 5.26 Å². The lowest BCUT2D eigenvalue weighted by atomic mass is 10.3. The summed E-state index contributed by atoms with van der Waals surface area (Å²) in [4.78, 5) is 0. The minimum Gasteiger partial charge on any atom is -0.249 e. The van der Waals surface area contributed by atoms with Crippen LogP contribution in [-0.4, -0.2) is 7.05 Å². The Labute approximate surface area is 70.7 Å². The van der Waals surface area contributed by atoms with Gasteiger partial charge < -0.3 is 0 Å². The fourth-order valence-electron chi connectivity index (χ4n) is 0.782. The molecule has 0 fully saturated rings. The summed E-state index contributed by atoms with van der Waals surface area (Å²) in [6.45, 7) is 0. The van der Waals surface area contributed by atoms with Gasteiger partial charge in [-0.3, -0.25) is 0 Å². The SMILES string of the molecule is CN(N=NC#N)c1ccccc1. The summed E-state index contributed by atoms with van der Waals surface area (Å²) in [5.41, 5.74) is 0.900. The number of hydrogen-bond donors (Lipinski definition) is 0. The summed E-state index contributed by atoms with van der Waals surface area (Å²) in [7, 11) is 1.73. The first-order valence-corrected chi connectivity index (χ1v) is 3.43. The van der Waals surface area contributed by atoms with Crippen molar-refractivity contribution in [3.05, 3.63) is 30.3 Å². The molecule has 0 aliphatic carbocycles. The molecule has 0 aromatic heterocycles. The Bertz CT molecular complexity index is 299. The molecule has 0 bridgehead atoms. The molecule has 0 atom stereocenters. The highest BCUT2D eigenvalue weighted by molar-refractivity contribution is 5.43. The van der Waals surface area contributed by atoms with Crippen LogP contribution in [0.25, 0.3) is 0 Å². The number of benzene rings is 1. The molecule has 60 valence electrons. The summed E-state index contributed by atoms with van der Waals surface area (Å²) in [6, 6.07) is 9.48. The zero-order chi connectivity index (χ0) is 8.81. The van der Waals surface area contributed by atoms with Crippen molar-refractivity contribution in [2.75, 3.05) is 12.1 Å². The maximum absolute atomic E-state index is 8.12. The smallest absolute Gasteiger partial charge is 0.227 e. The van der Waals surface area contributed by atoms with E-state index in [1.807, 2.05) is 30.3 Å². The molecular formula is C8H8N4. The van der Waals surface area contributed by atoms with Crippen molar-refractivity contribution >= 4 is 5.69 Å². The van der Waals surface area contributed by atoms with Gasteiger partial charge in [0.15, 0.2) is 0 Å². The van der Waals surface area contributed by atoms with Crippen LogP contribution in [0.1, 0.15) is 0 Å². The van der Waals surface area contributed by atoms with Gasteiger partial charge in [0.2, 0.25) is 6.19 Å². The quantitative estimate of drug-likeness (QED) is 0.377. The highest BCUT2D eigenvalue weighted by Gasteiger charge is 1.94. The Kier molecular flexibility index (Phi) is 2.79. The normalized spacial score (nSPS) is 9.67. The second kappa shape index (κ2) is 4.09. The highest BCUT2D eigenvalue weighted by Crippen LogP contribution is 2.10. The minimum absolute atomic E-state index is 0.900. The lowest BCUT2D eigenvalue weighted by Gasteiger charge is -2.08. The average Bonchev–Trinajstić information content (AvgIpc) is 2.15. The Hall–Kier alpha value is -1.89. The summed E-state index contributed by atoms with van der Waals surface area (Å²) in [5.74, 6) is 0. The fraction of sp³-hybridized carbons (Fsp3) is 0.125. The predicted molar refractivity (Wildman–Crippen MR) is 45.3 cm³/mol.